The van der Waals surface area contributed by atoms with E-state index in [4.69, 9.17) is 22.1 Å². The minimum Gasteiger partial charge on any atom is -0.493 e. The Kier molecular flexibility index (Phi) is 5.60. The van der Waals surface area contributed by atoms with Crippen LogP contribution in [0.1, 0.15) is 12.0 Å². The molecule has 0 amide bonds. The average molecular weight is 243 g/mol. The number of nitrogens with zero attached hydrogens (tertiary/aromatic N) is 1. The van der Waals surface area contributed by atoms with E-state index in [1.54, 1.807) is 0 Å². The molecule has 0 aliphatic carbocycles. The molecule has 90 valence electrons. The molecule has 0 atom stereocenters. The van der Waals surface area contributed by atoms with Crippen LogP contribution in [0.3, 0.4) is 0 Å². The Balaban J connectivity index is 2.50. The molecule has 0 aliphatic rings. The van der Waals surface area contributed by atoms with E-state index in [0.29, 0.717) is 18.2 Å². The van der Waals surface area contributed by atoms with Crippen LogP contribution in [0.2, 0.25) is 5.02 Å². The lowest BCUT2D eigenvalue weighted by Crippen LogP contribution is -2.16. The predicted octanol–water partition coefficient (Wildman–Crippen LogP) is 2.13. The van der Waals surface area contributed by atoms with Gasteiger partial charge in [0.1, 0.15) is 5.75 Å². The molecule has 0 fully saturated rings. The molecule has 0 aliphatic heterocycles. The van der Waals surface area contributed by atoms with Crippen molar-refractivity contribution in [3.05, 3.63) is 28.8 Å². The zero-order valence-electron chi connectivity index (χ0n) is 9.87. The van der Waals surface area contributed by atoms with Gasteiger partial charge < -0.3 is 15.4 Å². The SMILES string of the molecule is CN(C)CCCOc1cccc(Cl)c1CN. The summed E-state index contributed by atoms with van der Waals surface area (Å²) in [5.41, 5.74) is 6.51. The zero-order chi connectivity index (χ0) is 12.0. The molecule has 0 bridgehead atoms. The van der Waals surface area contributed by atoms with Gasteiger partial charge in [-0.15, -0.1) is 0 Å². The Morgan fingerprint density at radius 3 is 2.75 bits per heavy atom. The van der Waals surface area contributed by atoms with Crippen LogP contribution >= 0.6 is 11.6 Å². The third kappa shape index (κ3) is 4.00. The molecule has 0 radical (unpaired) electrons. The van der Waals surface area contributed by atoms with Gasteiger partial charge in [0.15, 0.2) is 0 Å². The van der Waals surface area contributed by atoms with Gasteiger partial charge in [-0.1, -0.05) is 17.7 Å². The fraction of sp³-hybridized carbons (Fsp3) is 0.500. The van der Waals surface area contributed by atoms with Crippen molar-refractivity contribution in [2.24, 2.45) is 5.73 Å². The van der Waals surface area contributed by atoms with Crippen molar-refractivity contribution in [1.82, 2.24) is 4.90 Å². The smallest absolute Gasteiger partial charge is 0.125 e. The predicted molar refractivity (Wildman–Crippen MR) is 68.0 cm³/mol. The van der Waals surface area contributed by atoms with Gasteiger partial charge in [-0.3, -0.25) is 0 Å². The molecule has 4 heteroatoms. The maximum atomic E-state index is 6.02. The number of hydrogen-bond donors (Lipinski definition) is 1. The number of benzene rings is 1. The molecule has 16 heavy (non-hydrogen) atoms. The minimum absolute atomic E-state index is 0.405. The molecular weight excluding hydrogens is 224 g/mol. The maximum Gasteiger partial charge on any atom is 0.125 e. The third-order valence-corrected chi connectivity index (χ3v) is 2.64. The van der Waals surface area contributed by atoms with E-state index in [2.05, 4.69) is 4.90 Å². The Hall–Kier alpha value is -0.770. The molecule has 1 rings (SSSR count). The van der Waals surface area contributed by atoms with Crippen LogP contribution in [0, 0.1) is 0 Å². The van der Waals surface area contributed by atoms with Gasteiger partial charge in [-0.2, -0.15) is 0 Å². The summed E-state index contributed by atoms with van der Waals surface area (Å²) in [7, 11) is 4.09. The molecule has 0 saturated carbocycles. The van der Waals surface area contributed by atoms with Crippen LogP contribution in [0.5, 0.6) is 5.75 Å². The highest BCUT2D eigenvalue weighted by atomic mass is 35.5. The third-order valence-electron chi connectivity index (χ3n) is 2.29. The second kappa shape index (κ2) is 6.74. The minimum atomic E-state index is 0.405. The van der Waals surface area contributed by atoms with Crippen molar-refractivity contribution in [2.45, 2.75) is 13.0 Å². The zero-order valence-corrected chi connectivity index (χ0v) is 10.6. The highest BCUT2D eigenvalue weighted by Gasteiger charge is 2.05. The molecule has 0 unspecified atom stereocenters. The van der Waals surface area contributed by atoms with Crippen LogP contribution in [0.15, 0.2) is 18.2 Å². The van der Waals surface area contributed by atoms with E-state index in [0.717, 1.165) is 24.3 Å². The molecular formula is C12H19ClN2O. The lowest BCUT2D eigenvalue weighted by Gasteiger charge is -2.13. The first-order valence-corrected chi connectivity index (χ1v) is 5.78. The van der Waals surface area contributed by atoms with Crippen LogP contribution in [-0.2, 0) is 6.54 Å². The van der Waals surface area contributed by atoms with Crippen LogP contribution in [0.4, 0.5) is 0 Å². The first-order chi connectivity index (χ1) is 7.65. The van der Waals surface area contributed by atoms with E-state index >= 15 is 0 Å². The van der Waals surface area contributed by atoms with Gasteiger partial charge in [0.25, 0.3) is 0 Å². The molecule has 1 aromatic carbocycles. The van der Waals surface area contributed by atoms with Crippen molar-refractivity contribution in [3.63, 3.8) is 0 Å². The maximum absolute atomic E-state index is 6.02. The quantitative estimate of drug-likeness (QED) is 0.777. The summed E-state index contributed by atoms with van der Waals surface area (Å²) in [6, 6.07) is 5.61. The summed E-state index contributed by atoms with van der Waals surface area (Å²) in [6.45, 7) is 2.10. The lowest BCUT2D eigenvalue weighted by atomic mass is 10.2. The molecule has 0 saturated heterocycles. The van der Waals surface area contributed by atoms with Crippen LogP contribution in [0.25, 0.3) is 0 Å². The van der Waals surface area contributed by atoms with Gasteiger partial charge in [0.05, 0.1) is 6.61 Å². The van der Waals surface area contributed by atoms with Crippen molar-refractivity contribution in [3.8, 4) is 5.75 Å². The standard InChI is InChI=1S/C12H19ClN2O/c1-15(2)7-4-8-16-12-6-3-5-11(13)10(12)9-14/h3,5-6H,4,7-9,14H2,1-2H3. The second-order valence-electron chi connectivity index (χ2n) is 3.93. The van der Waals surface area contributed by atoms with Gasteiger partial charge >= 0.3 is 0 Å². The molecule has 3 nitrogen and oxygen atoms in total. The first kappa shape index (κ1) is 13.3. The fourth-order valence-electron chi connectivity index (χ4n) is 1.44. The van der Waals surface area contributed by atoms with E-state index in [-0.39, 0.29) is 0 Å². The Morgan fingerprint density at radius 2 is 2.12 bits per heavy atom. The fourth-order valence-corrected chi connectivity index (χ4v) is 1.68. The van der Waals surface area contributed by atoms with E-state index in [9.17, 15) is 0 Å². The van der Waals surface area contributed by atoms with E-state index in [1.807, 2.05) is 32.3 Å². The topological polar surface area (TPSA) is 38.5 Å². The Bertz CT molecular complexity index is 329. The van der Waals surface area contributed by atoms with Crippen LogP contribution in [-0.4, -0.2) is 32.1 Å². The van der Waals surface area contributed by atoms with Gasteiger partial charge in [-0.25, -0.2) is 0 Å². The molecule has 0 heterocycles. The summed E-state index contributed by atoms with van der Waals surface area (Å²) in [5, 5.41) is 0.674. The molecule has 0 aromatic heterocycles. The number of hydrogen-bond acceptors (Lipinski definition) is 3. The summed E-state index contributed by atoms with van der Waals surface area (Å²) >= 11 is 6.02. The molecule has 2 N–H and O–H groups in total. The first-order valence-electron chi connectivity index (χ1n) is 5.40. The number of ether oxygens (including phenoxy) is 1. The van der Waals surface area contributed by atoms with Gasteiger partial charge in [-0.05, 0) is 32.6 Å². The van der Waals surface area contributed by atoms with Crippen molar-refractivity contribution >= 4 is 11.6 Å². The van der Waals surface area contributed by atoms with Crippen molar-refractivity contribution < 1.29 is 4.74 Å². The summed E-state index contributed by atoms with van der Waals surface area (Å²) < 4.78 is 5.67. The number of halogens is 1. The van der Waals surface area contributed by atoms with Crippen LogP contribution < -0.4 is 10.5 Å². The highest BCUT2D eigenvalue weighted by molar-refractivity contribution is 6.31. The Labute approximate surface area is 102 Å². The van der Waals surface area contributed by atoms with Gasteiger partial charge in [0, 0.05) is 23.7 Å². The van der Waals surface area contributed by atoms with Crippen molar-refractivity contribution in [1.29, 1.82) is 0 Å². The van der Waals surface area contributed by atoms with E-state index < -0.39 is 0 Å². The molecule has 0 spiro atoms. The average Bonchev–Trinajstić information content (AvgIpc) is 2.24. The summed E-state index contributed by atoms with van der Waals surface area (Å²) in [4.78, 5) is 2.13. The largest absolute Gasteiger partial charge is 0.493 e. The monoisotopic (exact) mass is 242 g/mol. The van der Waals surface area contributed by atoms with Crippen molar-refractivity contribution in [2.75, 3.05) is 27.2 Å². The summed E-state index contributed by atoms with van der Waals surface area (Å²) in [5.74, 6) is 0.800. The second-order valence-corrected chi connectivity index (χ2v) is 4.33. The number of nitrogens with two attached hydrogens (primary N) is 1. The highest BCUT2D eigenvalue weighted by Crippen LogP contribution is 2.25. The molecule has 1 aromatic rings. The lowest BCUT2D eigenvalue weighted by molar-refractivity contribution is 0.279. The Morgan fingerprint density at radius 1 is 1.38 bits per heavy atom. The van der Waals surface area contributed by atoms with E-state index in [1.165, 1.54) is 0 Å². The normalized spacial score (nSPS) is 10.8. The van der Waals surface area contributed by atoms with Gasteiger partial charge in [0.2, 0.25) is 0 Å². The number of rotatable bonds is 6. The summed E-state index contributed by atoms with van der Waals surface area (Å²) in [6.07, 6.45) is 0.990.